The fourth-order valence-corrected chi connectivity index (χ4v) is 1.63. The highest BCUT2D eigenvalue weighted by Crippen LogP contribution is 2.06. The van der Waals surface area contributed by atoms with Gasteiger partial charge >= 0.3 is 0 Å². The van der Waals surface area contributed by atoms with Crippen molar-refractivity contribution >= 4 is 30.4 Å². The lowest BCUT2D eigenvalue weighted by Crippen LogP contribution is -2.53. The molecule has 3 amide bonds. The van der Waals surface area contributed by atoms with E-state index in [4.69, 9.17) is 5.84 Å². The molecular formula is C8H14N4O3S. The van der Waals surface area contributed by atoms with Gasteiger partial charge < -0.3 is 10.6 Å². The van der Waals surface area contributed by atoms with E-state index in [2.05, 4.69) is 23.3 Å². The molecule has 2 atom stereocenters. The van der Waals surface area contributed by atoms with Crippen molar-refractivity contribution in [2.24, 2.45) is 5.84 Å². The third-order valence-electron chi connectivity index (χ3n) is 2.27. The zero-order valence-electron chi connectivity index (χ0n) is 8.53. The Balaban J connectivity index is 2.49. The maximum absolute atomic E-state index is 11.6. The lowest BCUT2D eigenvalue weighted by molar-refractivity contribution is -0.130. The lowest BCUT2D eigenvalue weighted by Gasteiger charge is -2.17. The summed E-state index contributed by atoms with van der Waals surface area (Å²) in [5.41, 5.74) is 1.93. The average Bonchev–Trinajstić information content (AvgIpc) is 2.71. The fourth-order valence-electron chi connectivity index (χ4n) is 1.38. The number of rotatable bonds is 4. The Morgan fingerprint density at radius 1 is 1.62 bits per heavy atom. The molecule has 1 saturated heterocycles. The molecule has 0 aromatic heterocycles. The number of hydrogen-bond acceptors (Lipinski definition) is 5. The molecule has 1 fully saturated rings. The van der Waals surface area contributed by atoms with Crippen LogP contribution in [0.3, 0.4) is 0 Å². The van der Waals surface area contributed by atoms with Crippen LogP contribution in [0.25, 0.3) is 0 Å². The summed E-state index contributed by atoms with van der Waals surface area (Å²) in [6.45, 7) is 0. The third kappa shape index (κ3) is 3.11. The maximum Gasteiger partial charge on any atom is 0.257 e. The van der Waals surface area contributed by atoms with Crippen LogP contribution >= 0.6 is 12.6 Å². The van der Waals surface area contributed by atoms with Gasteiger partial charge in [0.2, 0.25) is 11.8 Å². The summed E-state index contributed by atoms with van der Waals surface area (Å²) in [6.07, 6.45) is 0.765. The first kappa shape index (κ1) is 12.8. The van der Waals surface area contributed by atoms with Gasteiger partial charge in [-0.25, -0.2) is 5.84 Å². The summed E-state index contributed by atoms with van der Waals surface area (Å²) < 4.78 is 0. The number of hydrogen-bond donors (Lipinski definition) is 5. The van der Waals surface area contributed by atoms with Crippen LogP contribution in [0.5, 0.6) is 0 Å². The van der Waals surface area contributed by atoms with E-state index in [1.54, 1.807) is 0 Å². The van der Waals surface area contributed by atoms with E-state index >= 15 is 0 Å². The standard InChI is InChI=1S/C8H14N4O3S/c9-12-8(15)5(3-16)11-7(14)4-1-2-6(13)10-4/h4-5,16H,1-3,9H2,(H,10,13)(H,11,14)(H,12,15). The minimum absolute atomic E-state index is 0.134. The molecule has 1 heterocycles. The Morgan fingerprint density at radius 3 is 2.75 bits per heavy atom. The molecule has 0 bridgehead atoms. The molecule has 0 radical (unpaired) electrons. The minimum atomic E-state index is -0.793. The third-order valence-corrected chi connectivity index (χ3v) is 2.63. The zero-order chi connectivity index (χ0) is 12.1. The number of hydrazine groups is 1. The molecule has 1 rings (SSSR count). The Labute approximate surface area is 97.9 Å². The maximum atomic E-state index is 11.6. The van der Waals surface area contributed by atoms with Gasteiger partial charge in [0.1, 0.15) is 12.1 Å². The Morgan fingerprint density at radius 2 is 2.31 bits per heavy atom. The summed E-state index contributed by atoms with van der Waals surface area (Å²) in [4.78, 5) is 33.7. The first-order valence-electron chi connectivity index (χ1n) is 4.79. The molecule has 90 valence electrons. The van der Waals surface area contributed by atoms with E-state index in [0.717, 1.165) is 0 Å². The van der Waals surface area contributed by atoms with E-state index < -0.39 is 23.9 Å². The minimum Gasteiger partial charge on any atom is -0.344 e. The molecule has 0 saturated carbocycles. The Hall–Kier alpha value is -1.28. The van der Waals surface area contributed by atoms with Crippen LogP contribution in [0, 0.1) is 0 Å². The summed E-state index contributed by atoms with van der Waals surface area (Å²) in [7, 11) is 0. The monoisotopic (exact) mass is 246 g/mol. The van der Waals surface area contributed by atoms with Crippen molar-refractivity contribution in [3.63, 3.8) is 0 Å². The van der Waals surface area contributed by atoms with Crippen LogP contribution in [-0.4, -0.2) is 35.6 Å². The van der Waals surface area contributed by atoms with Crippen LogP contribution in [-0.2, 0) is 14.4 Å². The Kier molecular flexibility index (Phi) is 4.56. The number of amides is 3. The van der Waals surface area contributed by atoms with E-state index in [0.29, 0.717) is 12.8 Å². The molecule has 0 aromatic carbocycles. The number of nitrogens with two attached hydrogens (primary N) is 1. The second kappa shape index (κ2) is 5.71. The molecule has 5 N–H and O–H groups in total. The van der Waals surface area contributed by atoms with Gasteiger partial charge in [0.05, 0.1) is 0 Å². The van der Waals surface area contributed by atoms with Gasteiger partial charge in [-0.05, 0) is 6.42 Å². The molecule has 1 aliphatic heterocycles. The normalized spacial score (nSPS) is 21.1. The lowest BCUT2D eigenvalue weighted by atomic mass is 10.2. The first-order chi connectivity index (χ1) is 7.58. The largest absolute Gasteiger partial charge is 0.344 e. The molecule has 1 aliphatic rings. The second-order valence-electron chi connectivity index (χ2n) is 3.41. The molecule has 0 spiro atoms. The average molecular weight is 246 g/mol. The molecule has 7 nitrogen and oxygen atoms in total. The van der Waals surface area contributed by atoms with Crippen LogP contribution in [0.2, 0.25) is 0 Å². The van der Waals surface area contributed by atoms with Crippen LogP contribution in [0.15, 0.2) is 0 Å². The molecule has 2 unspecified atom stereocenters. The van der Waals surface area contributed by atoms with Gasteiger partial charge in [-0.15, -0.1) is 0 Å². The van der Waals surface area contributed by atoms with Crippen LogP contribution in [0.4, 0.5) is 0 Å². The Bertz CT molecular complexity index is 310. The highest BCUT2D eigenvalue weighted by molar-refractivity contribution is 7.80. The molecule has 16 heavy (non-hydrogen) atoms. The van der Waals surface area contributed by atoms with Crippen molar-refractivity contribution in [2.75, 3.05) is 5.75 Å². The number of carbonyl (C=O) groups excluding carboxylic acids is 3. The van der Waals surface area contributed by atoms with Gasteiger partial charge in [-0.3, -0.25) is 19.8 Å². The summed E-state index contributed by atoms with van der Waals surface area (Å²) in [5, 5.41) is 4.96. The number of carbonyl (C=O) groups is 3. The highest BCUT2D eigenvalue weighted by Gasteiger charge is 2.29. The number of nitrogens with one attached hydrogen (secondary N) is 3. The van der Waals surface area contributed by atoms with Gasteiger partial charge in [0.25, 0.3) is 5.91 Å². The second-order valence-corrected chi connectivity index (χ2v) is 3.78. The van der Waals surface area contributed by atoms with E-state index in [1.807, 2.05) is 5.43 Å². The quantitative estimate of drug-likeness (QED) is 0.166. The van der Waals surface area contributed by atoms with Gasteiger partial charge in [-0.2, -0.15) is 12.6 Å². The van der Waals surface area contributed by atoms with Crippen molar-refractivity contribution in [3.05, 3.63) is 0 Å². The number of thiol groups is 1. The van der Waals surface area contributed by atoms with Gasteiger partial charge in [0, 0.05) is 12.2 Å². The highest BCUT2D eigenvalue weighted by atomic mass is 32.1. The molecular weight excluding hydrogens is 232 g/mol. The zero-order valence-corrected chi connectivity index (χ0v) is 9.42. The van der Waals surface area contributed by atoms with Gasteiger partial charge in [-0.1, -0.05) is 0 Å². The summed E-state index contributed by atoms with van der Waals surface area (Å²) in [6, 6.07) is -1.36. The van der Waals surface area contributed by atoms with Crippen LogP contribution in [0.1, 0.15) is 12.8 Å². The van der Waals surface area contributed by atoms with Crippen molar-refractivity contribution in [3.8, 4) is 0 Å². The predicted molar refractivity (Wildman–Crippen MR) is 59.3 cm³/mol. The summed E-state index contributed by atoms with van der Waals surface area (Å²) >= 11 is 3.93. The predicted octanol–water partition coefficient (Wildman–Crippen LogP) is -2.33. The topological polar surface area (TPSA) is 113 Å². The smallest absolute Gasteiger partial charge is 0.257 e. The summed E-state index contributed by atoms with van der Waals surface area (Å²) in [5.74, 6) is 4.00. The van der Waals surface area contributed by atoms with Gasteiger partial charge in [0.15, 0.2) is 0 Å². The first-order valence-corrected chi connectivity index (χ1v) is 5.42. The molecule has 0 aliphatic carbocycles. The van der Waals surface area contributed by atoms with Crippen molar-refractivity contribution < 1.29 is 14.4 Å². The van der Waals surface area contributed by atoms with Crippen molar-refractivity contribution in [2.45, 2.75) is 24.9 Å². The van der Waals surface area contributed by atoms with Crippen molar-refractivity contribution in [1.29, 1.82) is 0 Å². The molecule has 8 heteroatoms. The molecule has 0 aromatic rings. The van der Waals surface area contributed by atoms with Crippen LogP contribution < -0.4 is 21.9 Å². The van der Waals surface area contributed by atoms with E-state index in [9.17, 15) is 14.4 Å². The van der Waals surface area contributed by atoms with Crippen molar-refractivity contribution in [1.82, 2.24) is 16.1 Å². The van der Waals surface area contributed by atoms with E-state index in [1.165, 1.54) is 0 Å². The fraction of sp³-hybridized carbons (Fsp3) is 0.625. The SMILES string of the molecule is NNC(=O)C(CS)NC(=O)C1CCC(=O)N1. The van der Waals surface area contributed by atoms with E-state index in [-0.39, 0.29) is 11.7 Å².